The molecule has 1 aliphatic heterocycles. The molecule has 0 radical (unpaired) electrons. The molecule has 5 atom stereocenters. The predicted molar refractivity (Wildman–Crippen MR) is 103 cm³/mol. The second-order valence-corrected chi connectivity index (χ2v) is 7.55. The molecule has 0 saturated carbocycles. The van der Waals surface area contributed by atoms with E-state index in [2.05, 4.69) is 44.5 Å². The Kier molecular flexibility index (Phi) is 4.26. The smallest absolute Gasteiger partial charge is 0.167 e. The lowest BCUT2D eigenvalue weighted by atomic mass is 9.88. The van der Waals surface area contributed by atoms with Gasteiger partial charge in [0.2, 0.25) is 0 Å². The minimum atomic E-state index is -1.04. The number of anilines is 1. The molecule has 1 saturated heterocycles. The van der Waals surface area contributed by atoms with Crippen molar-refractivity contribution in [2.24, 2.45) is 0 Å². The fourth-order valence-corrected chi connectivity index (χ4v) is 4.27. The van der Waals surface area contributed by atoms with Gasteiger partial charge >= 0.3 is 0 Å². The van der Waals surface area contributed by atoms with Gasteiger partial charge in [-0.25, -0.2) is 15.0 Å². The highest BCUT2D eigenvalue weighted by Crippen LogP contribution is 2.35. The van der Waals surface area contributed by atoms with Gasteiger partial charge in [-0.05, 0) is 37.3 Å². The summed E-state index contributed by atoms with van der Waals surface area (Å²) in [5, 5.41) is 23.9. The number of aliphatic hydroxyl groups excluding tert-OH is 2. The van der Waals surface area contributed by atoms with Crippen LogP contribution in [0.4, 0.5) is 5.82 Å². The Hall–Kier alpha value is -2.55. The zero-order valence-electron chi connectivity index (χ0n) is 15.6. The van der Waals surface area contributed by atoms with E-state index in [9.17, 15) is 10.2 Å². The molecule has 1 aromatic carbocycles. The molecular weight excluding hydrogens is 358 g/mol. The standard InChI is InChI=1S/C20H23N5O3/c1-11-16(26)17(27)20(28-11)25-10-23-15-18(21-9-22-19(15)25)24-14-8-4-6-12-5-2-3-7-13(12)14/h2-3,5,7,9-11,14,16-17,20,26-27H,4,6,8H2,1H3,(H,21,22,24)/t11-,14?,16-,17-,20-/m1/s1. The van der Waals surface area contributed by atoms with Gasteiger partial charge in [0.15, 0.2) is 23.2 Å². The van der Waals surface area contributed by atoms with E-state index in [1.165, 1.54) is 17.5 Å². The number of ether oxygens (including phenoxy) is 1. The first kappa shape index (κ1) is 17.5. The van der Waals surface area contributed by atoms with E-state index in [4.69, 9.17) is 4.74 Å². The number of nitrogens with zero attached hydrogens (tertiary/aromatic N) is 4. The number of aryl methyl sites for hydroxylation is 1. The van der Waals surface area contributed by atoms with Crippen molar-refractivity contribution in [1.29, 1.82) is 0 Å². The quantitative estimate of drug-likeness (QED) is 0.637. The summed E-state index contributed by atoms with van der Waals surface area (Å²) in [7, 11) is 0. The van der Waals surface area contributed by atoms with Crippen LogP contribution in [0.15, 0.2) is 36.9 Å². The topological polar surface area (TPSA) is 105 Å². The summed E-state index contributed by atoms with van der Waals surface area (Å²) in [4.78, 5) is 13.2. The Bertz CT molecular complexity index is 1010. The predicted octanol–water partition coefficient (Wildman–Crippen LogP) is 1.95. The summed E-state index contributed by atoms with van der Waals surface area (Å²) in [6.07, 6.45) is 3.14. The Morgan fingerprint density at radius 3 is 2.82 bits per heavy atom. The molecule has 1 unspecified atom stereocenters. The minimum Gasteiger partial charge on any atom is -0.388 e. The van der Waals surface area contributed by atoms with Crippen molar-refractivity contribution in [3.8, 4) is 0 Å². The van der Waals surface area contributed by atoms with E-state index in [1.54, 1.807) is 17.8 Å². The number of aromatic nitrogens is 4. The van der Waals surface area contributed by atoms with Crippen molar-refractivity contribution >= 4 is 17.0 Å². The number of nitrogens with one attached hydrogen (secondary N) is 1. The minimum absolute atomic E-state index is 0.170. The average molecular weight is 381 g/mol. The molecule has 2 aromatic heterocycles. The summed E-state index contributed by atoms with van der Waals surface area (Å²) in [6, 6.07) is 8.65. The Balaban J connectivity index is 1.49. The SMILES string of the molecule is C[C@H]1O[C@@H](n2cnc3c(NC4CCCc5ccccc54)ncnc32)[C@H](O)[C@@H]1O. The summed E-state index contributed by atoms with van der Waals surface area (Å²) >= 11 is 0. The van der Waals surface area contributed by atoms with Crippen LogP contribution in [0.5, 0.6) is 0 Å². The van der Waals surface area contributed by atoms with E-state index in [-0.39, 0.29) is 6.04 Å². The fourth-order valence-electron chi connectivity index (χ4n) is 4.27. The van der Waals surface area contributed by atoms with Gasteiger partial charge in [0, 0.05) is 0 Å². The lowest BCUT2D eigenvalue weighted by molar-refractivity contribution is -0.0299. The van der Waals surface area contributed by atoms with Crippen LogP contribution in [0.25, 0.3) is 11.2 Å². The second-order valence-electron chi connectivity index (χ2n) is 7.55. The first-order chi connectivity index (χ1) is 13.6. The molecule has 3 heterocycles. The summed E-state index contributed by atoms with van der Waals surface area (Å²) in [5.74, 6) is 0.659. The molecule has 0 spiro atoms. The van der Waals surface area contributed by atoms with E-state index in [0.717, 1.165) is 19.3 Å². The van der Waals surface area contributed by atoms with Crippen LogP contribution in [0.3, 0.4) is 0 Å². The molecule has 1 aliphatic carbocycles. The van der Waals surface area contributed by atoms with Crippen molar-refractivity contribution in [2.45, 2.75) is 56.8 Å². The fraction of sp³-hybridized carbons (Fsp3) is 0.450. The van der Waals surface area contributed by atoms with Gasteiger partial charge in [-0.15, -0.1) is 0 Å². The number of imidazole rings is 1. The normalized spacial score (nSPS) is 29.8. The van der Waals surface area contributed by atoms with E-state index in [1.807, 2.05) is 0 Å². The van der Waals surface area contributed by atoms with E-state index < -0.39 is 24.5 Å². The maximum atomic E-state index is 10.3. The molecule has 146 valence electrons. The molecule has 28 heavy (non-hydrogen) atoms. The number of aliphatic hydroxyl groups is 2. The lowest BCUT2D eigenvalue weighted by Gasteiger charge is -2.26. The number of fused-ring (bicyclic) bond motifs is 2. The van der Waals surface area contributed by atoms with Gasteiger partial charge in [0.25, 0.3) is 0 Å². The molecule has 0 bridgehead atoms. The van der Waals surface area contributed by atoms with E-state index >= 15 is 0 Å². The van der Waals surface area contributed by atoms with Crippen molar-refractivity contribution in [2.75, 3.05) is 5.32 Å². The largest absolute Gasteiger partial charge is 0.388 e. The van der Waals surface area contributed by atoms with Crippen LogP contribution < -0.4 is 5.32 Å². The van der Waals surface area contributed by atoms with Crippen molar-refractivity contribution < 1.29 is 14.9 Å². The molecule has 0 amide bonds. The second kappa shape index (κ2) is 6.80. The number of benzene rings is 1. The Morgan fingerprint density at radius 2 is 2.00 bits per heavy atom. The first-order valence-corrected chi connectivity index (χ1v) is 9.67. The maximum Gasteiger partial charge on any atom is 0.167 e. The van der Waals surface area contributed by atoms with Gasteiger partial charge in [0.05, 0.1) is 18.5 Å². The van der Waals surface area contributed by atoms with Crippen molar-refractivity contribution in [1.82, 2.24) is 19.5 Å². The summed E-state index contributed by atoms with van der Waals surface area (Å²) in [5.41, 5.74) is 3.85. The lowest BCUT2D eigenvalue weighted by Crippen LogP contribution is -2.30. The summed E-state index contributed by atoms with van der Waals surface area (Å²) < 4.78 is 7.38. The molecule has 8 nitrogen and oxygen atoms in total. The number of hydrogen-bond donors (Lipinski definition) is 3. The highest BCUT2D eigenvalue weighted by molar-refractivity contribution is 5.83. The van der Waals surface area contributed by atoms with Crippen LogP contribution >= 0.6 is 0 Å². The van der Waals surface area contributed by atoms with Gasteiger partial charge in [-0.3, -0.25) is 4.57 Å². The zero-order chi connectivity index (χ0) is 19.3. The summed E-state index contributed by atoms with van der Waals surface area (Å²) in [6.45, 7) is 1.73. The number of hydrogen-bond acceptors (Lipinski definition) is 7. The van der Waals surface area contributed by atoms with Crippen LogP contribution in [0.1, 0.15) is 43.2 Å². The molecule has 2 aliphatic rings. The van der Waals surface area contributed by atoms with Crippen LogP contribution in [-0.2, 0) is 11.2 Å². The average Bonchev–Trinajstić information content (AvgIpc) is 3.25. The Morgan fingerprint density at radius 1 is 1.14 bits per heavy atom. The van der Waals surface area contributed by atoms with Gasteiger partial charge in [0.1, 0.15) is 18.5 Å². The van der Waals surface area contributed by atoms with E-state index in [0.29, 0.717) is 17.0 Å². The van der Waals surface area contributed by atoms with Gasteiger partial charge in [-0.1, -0.05) is 24.3 Å². The monoisotopic (exact) mass is 381 g/mol. The molecule has 8 heteroatoms. The van der Waals surface area contributed by atoms with Crippen LogP contribution in [0.2, 0.25) is 0 Å². The molecule has 1 fully saturated rings. The van der Waals surface area contributed by atoms with Crippen molar-refractivity contribution in [3.63, 3.8) is 0 Å². The highest BCUT2D eigenvalue weighted by atomic mass is 16.6. The van der Waals surface area contributed by atoms with Gasteiger partial charge < -0.3 is 20.3 Å². The molecule has 3 N–H and O–H groups in total. The number of rotatable bonds is 3. The molecule has 3 aromatic rings. The first-order valence-electron chi connectivity index (χ1n) is 9.67. The van der Waals surface area contributed by atoms with Gasteiger partial charge in [-0.2, -0.15) is 0 Å². The molecular formula is C20H23N5O3. The third-order valence-electron chi connectivity index (χ3n) is 5.79. The van der Waals surface area contributed by atoms with Crippen molar-refractivity contribution in [3.05, 3.63) is 48.0 Å². The maximum absolute atomic E-state index is 10.3. The van der Waals surface area contributed by atoms with Crippen LogP contribution in [-0.4, -0.2) is 48.0 Å². The zero-order valence-corrected chi connectivity index (χ0v) is 15.6. The third-order valence-corrected chi connectivity index (χ3v) is 5.79. The third kappa shape index (κ3) is 2.76. The Labute approximate surface area is 162 Å². The molecule has 5 rings (SSSR count). The highest BCUT2D eigenvalue weighted by Gasteiger charge is 2.42. The van der Waals surface area contributed by atoms with Crippen LogP contribution in [0, 0.1) is 0 Å².